The van der Waals surface area contributed by atoms with E-state index in [2.05, 4.69) is 16.6 Å². The molecule has 0 fully saturated rings. The maximum Gasteiger partial charge on any atom is 0.407 e. The van der Waals surface area contributed by atoms with E-state index in [1.807, 2.05) is 0 Å². The Hall–Kier alpha value is -2.05. The predicted octanol–water partition coefficient (Wildman–Crippen LogP) is 1.24. The minimum absolute atomic E-state index is 0.205. The summed E-state index contributed by atoms with van der Waals surface area (Å²) in [5.74, 6) is -1.77. The second kappa shape index (κ2) is 8.99. The number of hydrogen-bond donors (Lipinski definition) is 2. The molecule has 0 aromatic rings. The fraction of sp³-hybridized carbons (Fsp3) is 0.643. The van der Waals surface area contributed by atoms with Crippen LogP contribution in [-0.4, -0.2) is 53.7 Å². The van der Waals surface area contributed by atoms with Gasteiger partial charge in [0.15, 0.2) is 0 Å². The number of aliphatic carboxylic acids is 1. The molecule has 0 heterocycles. The summed E-state index contributed by atoms with van der Waals surface area (Å²) < 4.78 is 4.50. The zero-order chi connectivity index (χ0) is 16.6. The Labute approximate surface area is 124 Å². The summed E-state index contributed by atoms with van der Waals surface area (Å²) in [5.41, 5.74) is 0. The summed E-state index contributed by atoms with van der Waals surface area (Å²) in [6.07, 6.45) is 1.35. The average molecular weight is 300 g/mol. The molecule has 21 heavy (non-hydrogen) atoms. The molecule has 120 valence electrons. The first-order valence-corrected chi connectivity index (χ1v) is 6.72. The molecule has 0 spiro atoms. The molecule has 0 unspecified atom stereocenters. The summed E-state index contributed by atoms with van der Waals surface area (Å²) in [7, 11) is 1.20. The van der Waals surface area contributed by atoms with Crippen molar-refractivity contribution in [3.63, 3.8) is 0 Å². The first kappa shape index (κ1) is 18.9. The van der Waals surface area contributed by atoms with E-state index in [0.717, 1.165) is 0 Å². The number of carboxylic acid groups (broad SMARTS) is 1. The second-order valence-electron chi connectivity index (χ2n) is 5.09. The molecule has 0 saturated carbocycles. The molecule has 0 aliphatic rings. The molecule has 0 aromatic heterocycles. The SMILES string of the molecule is C=CC[C@H](C)N(CC(=O)O)C(=O)[C@@H](NC(=O)OC)C(C)C. The molecule has 0 rings (SSSR count). The average Bonchev–Trinajstić information content (AvgIpc) is 2.40. The molecule has 2 atom stereocenters. The quantitative estimate of drug-likeness (QED) is 0.658. The fourth-order valence-electron chi connectivity index (χ4n) is 1.84. The Balaban J connectivity index is 5.22. The van der Waals surface area contributed by atoms with Crippen LogP contribution in [0.4, 0.5) is 4.79 Å². The molecule has 7 heteroatoms. The van der Waals surface area contributed by atoms with E-state index in [9.17, 15) is 14.4 Å². The second-order valence-corrected chi connectivity index (χ2v) is 5.09. The molecule has 0 aliphatic heterocycles. The van der Waals surface area contributed by atoms with Crippen LogP contribution in [0.3, 0.4) is 0 Å². The summed E-state index contributed by atoms with van der Waals surface area (Å²) in [5, 5.41) is 11.4. The summed E-state index contributed by atoms with van der Waals surface area (Å²) in [6.45, 7) is 8.41. The smallest absolute Gasteiger partial charge is 0.407 e. The maximum absolute atomic E-state index is 12.5. The van der Waals surface area contributed by atoms with Gasteiger partial charge in [0.25, 0.3) is 0 Å². The van der Waals surface area contributed by atoms with Gasteiger partial charge in [-0.1, -0.05) is 19.9 Å². The highest BCUT2D eigenvalue weighted by Gasteiger charge is 2.32. The van der Waals surface area contributed by atoms with Gasteiger partial charge in [0.05, 0.1) is 7.11 Å². The van der Waals surface area contributed by atoms with Gasteiger partial charge >= 0.3 is 12.1 Å². The van der Waals surface area contributed by atoms with E-state index >= 15 is 0 Å². The molecule has 0 aliphatic carbocycles. The van der Waals surface area contributed by atoms with Crippen LogP contribution in [0.2, 0.25) is 0 Å². The monoisotopic (exact) mass is 300 g/mol. The van der Waals surface area contributed by atoms with Crippen LogP contribution in [-0.2, 0) is 14.3 Å². The molecule has 0 aromatic carbocycles. The topological polar surface area (TPSA) is 95.9 Å². The lowest BCUT2D eigenvalue weighted by Crippen LogP contribution is -2.54. The highest BCUT2D eigenvalue weighted by molar-refractivity contribution is 5.88. The van der Waals surface area contributed by atoms with Gasteiger partial charge in [-0.15, -0.1) is 6.58 Å². The number of rotatable bonds is 8. The van der Waals surface area contributed by atoms with Crippen molar-refractivity contribution >= 4 is 18.0 Å². The van der Waals surface area contributed by atoms with E-state index < -0.39 is 30.6 Å². The van der Waals surface area contributed by atoms with E-state index in [0.29, 0.717) is 6.42 Å². The molecule has 2 N–H and O–H groups in total. The maximum atomic E-state index is 12.5. The lowest BCUT2D eigenvalue weighted by Gasteiger charge is -2.32. The Morgan fingerprint density at radius 3 is 2.29 bits per heavy atom. The standard InChI is InChI=1S/C14H24N2O5/c1-6-7-10(4)16(8-11(17)18)13(19)12(9(2)3)15-14(20)21-5/h6,9-10,12H,1,7-8H2,2-5H3,(H,15,20)(H,17,18)/t10-,12-/m0/s1. The van der Waals surface area contributed by atoms with Crippen molar-refractivity contribution in [2.75, 3.05) is 13.7 Å². The van der Waals surface area contributed by atoms with Crippen molar-refractivity contribution in [3.8, 4) is 0 Å². The van der Waals surface area contributed by atoms with E-state index in [1.165, 1.54) is 12.0 Å². The zero-order valence-corrected chi connectivity index (χ0v) is 13.0. The largest absolute Gasteiger partial charge is 0.480 e. The van der Waals surface area contributed by atoms with Gasteiger partial charge in [-0.2, -0.15) is 0 Å². The Morgan fingerprint density at radius 2 is 1.90 bits per heavy atom. The van der Waals surface area contributed by atoms with Gasteiger partial charge in [0, 0.05) is 6.04 Å². The summed E-state index contributed by atoms with van der Waals surface area (Å²) in [4.78, 5) is 36.1. The van der Waals surface area contributed by atoms with Crippen molar-refractivity contribution in [2.24, 2.45) is 5.92 Å². The lowest BCUT2D eigenvalue weighted by atomic mass is 10.0. The van der Waals surface area contributed by atoms with Crippen molar-refractivity contribution in [1.29, 1.82) is 0 Å². The highest BCUT2D eigenvalue weighted by atomic mass is 16.5. The zero-order valence-electron chi connectivity index (χ0n) is 13.0. The minimum atomic E-state index is -1.11. The van der Waals surface area contributed by atoms with Crippen LogP contribution in [0.25, 0.3) is 0 Å². The van der Waals surface area contributed by atoms with Gasteiger partial charge < -0.3 is 20.1 Å². The number of nitrogens with one attached hydrogen (secondary N) is 1. The van der Waals surface area contributed by atoms with Gasteiger partial charge in [-0.3, -0.25) is 9.59 Å². The summed E-state index contributed by atoms with van der Waals surface area (Å²) in [6, 6.07) is -1.17. The van der Waals surface area contributed by atoms with Gasteiger partial charge in [0.1, 0.15) is 12.6 Å². The van der Waals surface area contributed by atoms with Crippen molar-refractivity contribution in [2.45, 2.75) is 39.3 Å². The van der Waals surface area contributed by atoms with Crippen LogP contribution >= 0.6 is 0 Å². The number of alkyl carbamates (subject to hydrolysis) is 1. The van der Waals surface area contributed by atoms with E-state index in [4.69, 9.17) is 5.11 Å². The third-order valence-electron chi connectivity index (χ3n) is 3.02. The van der Waals surface area contributed by atoms with Crippen LogP contribution in [0.5, 0.6) is 0 Å². The van der Waals surface area contributed by atoms with Crippen LogP contribution in [0, 0.1) is 5.92 Å². The number of hydrogen-bond acceptors (Lipinski definition) is 4. The van der Waals surface area contributed by atoms with Gasteiger partial charge in [-0.05, 0) is 19.3 Å². The van der Waals surface area contributed by atoms with Crippen molar-refractivity contribution < 1.29 is 24.2 Å². The number of amides is 2. The molecule has 2 amide bonds. The number of methoxy groups -OCH3 is 1. The first-order valence-electron chi connectivity index (χ1n) is 6.72. The number of carbonyl (C=O) groups is 3. The Kier molecular flexibility index (Phi) is 8.11. The van der Waals surface area contributed by atoms with Crippen molar-refractivity contribution in [1.82, 2.24) is 10.2 Å². The fourth-order valence-corrected chi connectivity index (χ4v) is 1.84. The molecular weight excluding hydrogens is 276 g/mol. The molecule has 0 saturated heterocycles. The lowest BCUT2D eigenvalue weighted by molar-refractivity contribution is -0.147. The van der Waals surface area contributed by atoms with Crippen LogP contribution < -0.4 is 5.32 Å². The number of carbonyl (C=O) groups excluding carboxylic acids is 2. The third kappa shape index (κ3) is 6.29. The predicted molar refractivity (Wildman–Crippen MR) is 77.8 cm³/mol. The summed E-state index contributed by atoms with van der Waals surface area (Å²) >= 11 is 0. The normalized spacial score (nSPS) is 13.2. The van der Waals surface area contributed by atoms with Crippen molar-refractivity contribution in [3.05, 3.63) is 12.7 Å². The first-order chi connectivity index (χ1) is 9.74. The van der Waals surface area contributed by atoms with E-state index in [-0.39, 0.29) is 12.0 Å². The Morgan fingerprint density at radius 1 is 1.33 bits per heavy atom. The van der Waals surface area contributed by atoms with Crippen LogP contribution in [0.15, 0.2) is 12.7 Å². The highest BCUT2D eigenvalue weighted by Crippen LogP contribution is 2.12. The molecular formula is C14H24N2O5. The number of nitrogens with zero attached hydrogens (tertiary/aromatic N) is 1. The number of ether oxygens (including phenoxy) is 1. The minimum Gasteiger partial charge on any atom is -0.480 e. The van der Waals surface area contributed by atoms with E-state index in [1.54, 1.807) is 26.8 Å². The van der Waals surface area contributed by atoms with Gasteiger partial charge in [0.2, 0.25) is 5.91 Å². The Bertz CT molecular complexity index is 395. The molecule has 0 bridgehead atoms. The van der Waals surface area contributed by atoms with Crippen LogP contribution in [0.1, 0.15) is 27.2 Å². The third-order valence-corrected chi connectivity index (χ3v) is 3.02. The number of carboxylic acids is 1. The van der Waals surface area contributed by atoms with Gasteiger partial charge in [-0.25, -0.2) is 4.79 Å². The molecule has 7 nitrogen and oxygen atoms in total. The molecule has 0 radical (unpaired) electrons.